The zero-order valence-corrected chi connectivity index (χ0v) is 12.9. The van der Waals surface area contributed by atoms with E-state index in [1.165, 1.54) is 13.2 Å². The average Bonchev–Trinajstić information content (AvgIpc) is 2.54. The maximum Gasteiger partial charge on any atom is 0.310 e. The van der Waals surface area contributed by atoms with Gasteiger partial charge in [-0.25, -0.2) is 0 Å². The number of methoxy groups -OCH3 is 1. The fourth-order valence-corrected chi connectivity index (χ4v) is 2.68. The monoisotopic (exact) mass is 307 g/mol. The summed E-state index contributed by atoms with van der Waals surface area (Å²) < 4.78 is 10.2. The van der Waals surface area contributed by atoms with E-state index in [4.69, 9.17) is 9.47 Å². The summed E-state index contributed by atoms with van der Waals surface area (Å²) in [5, 5.41) is 9.96. The summed E-state index contributed by atoms with van der Waals surface area (Å²) in [5.41, 5.74) is 0.134. The Kier molecular flexibility index (Phi) is 5.25. The molecule has 1 aromatic rings. The third-order valence-corrected chi connectivity index (χ3v) is 3.77. The number of amides is 1. The zero-order valence-electron chi connectivity index (χ0n) is 12.9. The van der Waals surface area contributed by atoms with Gasteiger partial charge >= 0.3 is 5.97 Å². The third-order valence-electron chi connectivity index (χ3n) is 3.77. The van der Waals surface area contributed by atoms with E-state index in [9.17, 15) is 14.7 Å². The maximum absolute atomic E-state index is 12.7. The van der Waals surface area contributed by atoms with Crippen LogP contribution in [0.3, 0.4) is 0 Å². The summed E-state index contributed by atoms with van der Waals surface area (Å²) in [6.45, 7) is 2.94. The van der Waals surface area contributed by atoms with Crippen LogP contribution >= 0.6 is 0 Å². The average molecular weight is 307 g/mol. The predicted molar refractivity (Wildman–Crippen MR) is 79.9 cm³/mol. The molecule has 0 saturated carbocycles. The quantitative estimate of drug-likeness (QED) is 0.859. The summed E-state index contributed by atoms with van der Waals surface area (Å²) in [6.07, 6.45) is 1.44. The van der Waals surface area contributed by atoms with Crippen molar-refractivity contribution in [1.29, 1.82) is 0 Å². The molecule has 1 saturated heterocycles. The first kappa shape index (κ1) is 16.1. The molecule has 1 atom stereocenters. The van der Waals surface area contributed by atoms with Gasteiger partial charge < -0.3 is 19.5 Å². The van der Waals surface area contributed by atoms with E-state index in [-0.39, 0.29) is 29.1 Å². The largest absolute Gasteiger partial charge is 0.507 e. The lowest BCUT2D eigenvalue weighted by Crippen LogP contribution is -2.43. The minimum Gasteiger partial charge on any atom is -0.507 e. The van der Waals surface area contributed by atoms with E-state index in [2.05, 4.69) is 0 Å². The number of phenols is 1. The van der Waals surface area contributed by atoms with Gasteiger partial charge in [0, 0.05) is 13.1 Å². The number of benzene rings is 1. The Labute approximate surface area is 129 Å². The van der Waals surface area contributed by atoms with Crippen LogP contribution in [-0.4, -0.2) is 48.7 Å². The van der Waals surface area contributed by atoms with Crippen molar-refractivity contribution in [1.82, 2.24) is 4.90 Å². The molecule has 1 unspecified atom stereocenters. The molecule has 6 nitrogen and oxygen atoms in total. The molecule has 2 rings (SSSR count). The molecule has 1 amide bonds. The molecule has 0 aliphatic carbocycles. The van der Waals surface area contributed by atoms with Gasteiger partial charge in [-0.3, -0.25) is 9.59 Å². The molecule has 0 spiro atoms. The molecule has 1 N–H and O–H groups in total. The molecule has 1 heterocycles. The number of piperidine rings is 1. The standard InChI is InChI=1S/C16H21NO5/c1-3-22-16(20)11-6-5-9-17(10-11)15(19)14-12(18)7-4-8-13(14)21-2/h4,7-8,11,18H,3,5-6,9-10H2,1-2H3. The molecular formula is C16H21NO5. The van der Waals surface area contributed by atoms with Crippen LogP contribution in [0.2, 0.25) is 0 Å². The second-order valence-corrected chi connectivity index (χ2v) is 5.20. The van der Waals surface area contributed by atoms with Gasteiger partial charge in [-0.15, -0.1) is 0 Å². The van der Waals surface area contributed by atoms with Gasteiger partial charge in [-0.1, -0.05) is 6.07 Å². The highest BCUT2D eigenvalue weighted by Crippen LogP contribution is 2.30. The molecular weight excluding hydrogens is 286 g/mol. The predicted octanol–water partition coefficient (Wildman–Crippen LogP) is 1.82. The van der Waals surface area contributed by atoms with Crippen LogP contribution < -0.4 is 4.74 Å². The lowest BCUT2D eigenvalue weighted by molar-refractivity contribution is -0.149. The number of ether oxygens (including phenoxy) is 2. The molecule has 0 bridgehead atoms. The molecule has 1 aliphatic rings. The molecule has 6 heteroatoms. The van der Waals surface area contributed by atoms with Gasteiger partial charge in [0.1, 0.15) is 17.1 Å². The van der Waals surface area contributed by atoms with Crippen LogP contribution in [0.4, 0.5) is 0 Å². The maximum atomic E-state index is 12.7. The Morgan fingerprint density at radius 2 is 2.18 bits per heavy atom. The summed E-state index contributed by atoms with van der Waals surface area (Å²) in [6, 6.07) is 4.69. The number of hydrogen-bond acceptors (Lipinski definition) is 5. The van der Waals surface area contributed by atoms with Gasteiger partial charge in [0.25, 0.3) is 5.91 Å². The Morgan fingerprint density at radius 3 is 2.86 bits per heavy atom. The van der Waals surface area contributed by atoms with E-state index in [1.807, 2.05) is 0 Å². The van der Waals surface area contributed by atoms with Crippen LogP contribution in [-0.2, 0) is 9.53 Å². The van der Waals surface area contributed by atoms with Crippen LogP contribution in [0.25, 0.3) is 0 Å². The van der Waals surface area contributed by atoms with Gasteiger partial charge in [-0.2, -0.15) is 0 Å². The highest BCUT2D eigenvalue weighted by Gasteiger charge is 2.31. The fraction of sp³-hybridized carbons (Fsp3) is 0.500. The Hall–Kier alpha value is -2.24. The topological polar surface area (TPSA) is 76.1 Å². The van der Waals surface area contributed by atoms with Crippen LogP contribution in [0, 0.1) is 5.92 Å². The number of rotatable bonds is 4. The Morgan fingerprint density at radius 1 is 1.41 bits per heavy atom. The number of carbonyl (C=O) groups excluding carboxylic acids is 2. The van der Waals surface area contributed by atoms with E-state index in [0.29, 0.717) is 31.9 Å². The number of aromatic hydroxyl groups is 1. The molecule has 22 heavy (non-hydrogen) atoms. The van der Waals surface area contributed by atoms with Gasteiger partial charge in [-0.05, 0) is 31.9 Å². The highest BCUT2D eigenvalue weighted by atomic mass is 16.5. The van der Waals surface area contributed by atoms with Crippen molar-refractivity contribution in [2.24, 2.45) is 5.92 Å². The van der Waals surface area contributed by atoms with Crippen LogP contribution in [0.1, 0.15) is 30.1 Å². The lowest BCUT2D eigenvalue weighted by atomic mass is 9.97. The van der Waals surface area contributed by atoms with E-state index >= 15 is 0 Å². The van der Waals surface area contributed by atoms with Crippen LogP contribution in [0.15, 0.2) is 18.2 Å². The Bertz CT molecular complexity index is 557. The smallest absolute Gasteiger partial charge is 0.310 e. The summed E-state index contributed by atoms with van der Waals surface area (Å²) in [5.74, 6) is -0.714. The number of carbonyl (C=O) groups is 2. The number of esters is 1. The van der Waals surface area contributed by atoms with Crippen molar-refractivity contribution in [3.63, 3.8) is 0 Å². The van der Waals surface area contributed by atoms with Crippen molar-refractivity contribution in [2.45, 2.75) is 19.8 Å². The SMILES string of the molecule is CCOC(=O)C1CCCN(C(=O)c2c(O)cccc2OC)C1. The van der Waals surface area contributed by atoms with Crippen LogP contribution in [0.5, 0.6) is 11.5 Å². The lowest BCUT2D eigenvalue weighted by Gasteiger charge is -2.32. The Balaban J connectivity index is 2.17. The highest BCUT2D eigenvalue weighted by molar-refractivity contribution is 5.99. The number of hydrogen-bond donors (Lipinski definition) is 1. The minimum atomic E-state index is -0.330. The van der Waals surface area contributed by atoms with Gasteiger partial charge in [0.15, 0.2) is 0 Å². The van der Waals surface area contributed by atoms with Crippen molar-refractivity contribution < 1.29 is 24.2 Å². The minimum absolute atomic E-state index is 0.123. The van der Waals surface area contributed by atoms with Crippen molar-refractivity contribution in [3.05, 3.63) is 23.8 Å². The van der Waals surface area contributed by atoms with Crippen molar-refractivity contribution in [2.75, 3.05) is 26.8 Å². The van der Waals surface area contributed by atoms with Crippen molar-refractivity contribution in [3.8, 4) is 11.5 Å². The molecule has 1 aromatic carbocycles. The number of likely N-dealkylation sites (tertiary alicyclic amines) is 1. The number of phenolic OH excluding ortho intramolecular Hbond substituents is 1. The van der Waals surface area contributed by atoms with Crippen molar-refractivity contribution >= 4 is 11.9 Å². The first-order valence-electron chi connectivity index (χ1n) is 7.40. The molecule has 1 aliphatic heterocycles. The summed E-state index contributed by atoms with van der Waals surface area (Å²) in [4.78, 5) is 26.1. The fourth-order valence-electron chi connectivity index (χ4n) is 2.68. The van der Waals surface area contributed by atoms with Gasteiger partial charge in [0.05, 0.1) is 19.6 Å². The molecule has 0 aromatic heterocycles. The van der Waals surface area contributed by atoms with Gasteiger partial charge in [0.2, 0.25) is 0 Å². The number of nitrogens with zero attached hydrogens (tertiary/aromatic N) is 1. The van der Waals surface area contributed by atoms with E-state index < -0.39 is 0 Å². The molecule has 1 fully saturated rings. The summed E-state index contributed by atoms with van der Waals surface area (Å²) >= 11 is 0. The summed E-state index contributed by atoms with van der Waals surface area (Å²) in [7, 11) is 1.45. The third kappa shape index (κ3) is 3.32. The molecule has 120 valence electrons. The first-order valence-corrected chi connectivity index (χ1v) is 7.40. The zero-order chi connectivity index (χ0) is 16.1. The second kappa shape index (κ2) is 7.15. The van der Waals surface area contributed by atoms with E-state index in [1.54, 1.807) is 24.0 Å². The second-order valence-electron chi connectivity index (χ2n) is 5.20. The van der Waals surface area contributed by atoms with E-state index in [0.717, 1.165) is 6.42 Å². The normalized spacial score (nSPS) is 17.9. The molecule has 0 radical (unpaired) electrons. The first-order chi connectivity index (χ1) is 10.6.